The van der Waals surface area contributed by atoms with Crippen molar-refractivity contribution >= 4 is 37.3 Å². The van der Waals surface area contributed by atoms with E-state index in [1.54, 1.807) is 18.2 Å². The SMILES string of the molecule is COC(=O)C1=C(c2ccc(CBr)cc2)c2ccccc2S1(=O)=O. The van der Waals surface area contributed by atoms with Crippen molar-refractivity contribution in [1.82, 2.24) is 0 Å². The summed E-state index contributed by atoms with van der Waals surface area (Å²) in [5.74, 6) is -0.847. The first-order valence-corrected chi connectivity index (χ1v) is 9.43. The van der Waals surface area contributed by atoms with Crippen molar-refractivity contribution in [3.8, 4) is 0 Å². The van der Waals surface area contributed by atoms with Crippen LogP contribution in [0.1, 0.15) is 16.7 Å². The van der Waals surface area contributed by atoms with Gasteiger partial charge in [-0.25, -0.2) is 13.2 Å². The number of methoxy groups -OCH3 is 1. The molecule has 3 rings (SSSR count). The third-order valence-corrected chi connectivity index (χ3v) is 6.20. The fraction of sp³-hybridized carbons (Fsp3) is 0.118. The molecule has 0 unspecified atom stereocenters. The van der Waals surface area contributed by atoms with Gasteiger partial charge in [-0.15, -0.1) is 0 Å². The van der Waals surface area contributed by atoms with Crippen LogP contribution < -0.4 is 0 Å². The molecule has 0 aliphatic carbocycles. The number of esters is 1. The van der Waals surface area contributed by atoms with Crippen molar-refractivity contribution in [2.45, 2.75) is 10.2 Å². The van der Waals surface area contributed by atoms with Crippen LogP contribution in [-0.4, -0.2) is 21.5 Å². The summed E-state index contributed by atoms with van der Waals surface area (Å²) in [4.78, 5) is 12.0. The molecule has 0 aromatic heterocycles. The highest BCUT2D eigenvalue weighted by atomic mass is 79.9. The summed E-state index contributed by atoms with van der Waals surface area (Å²) >= 11 is 3.37. The van der Waals surface area contributed by atoms with Crippen LogP contribution >= 0.6 is 15.9 Å². The van der Waals surface area contributed by atoms with Gasteiger partial charge in [0.05, 0.1) is 12.0 Å². The number of hydrogen-bond acceptors (Lipinski definition) is 4. The van der Waals surface area contributed by atoms with E-state index in [1.807, 2.05) is 24.3 Å². The molecule has 0 saturated heterocycles. The molecule has 1 aliphatic heterocycles. The van der Waals surface area contributed by atoms with Crippen LogP contribution in [-0.2, 0) is 24.7 Å². The van der Waals surface area contributed by atoms with E-state index in [-0.39, 0.29) is 9.80 Å². The fourth-order valence-corrected chi connectivity index (χ4v) is 4.74. The molecular weight excluding hydrogens is 380 g/mol. The monoisotopic (exact) mass is 392 g/mol. The van der Waals surface area contributed by atoms with E-state index in [9.17, 15) is 13.2 Å². The van der Waals surface area contributed by atoms with Gasteiger partial charge < -0.3 is 4.74 Å². The Morgan fingerprint density at radius 3 is 2.35 bits per heavy atom. The zero-order valence-corrected chi connectivity index (χ0v) is 14.6. The molecular formula is C17H13BrO4S. The Bertz CT molecular complexity index is 912. The van der Waals surface area contributed by atoms with Gasteiger partial charge in [0.2, 0.25) is 9.84 Å². The van der Waals surface area contributed by atoms with Crippen molar-refractivity contribution in [2.75, 3.05) is 7.11 Å². The van der Waals surface area contributed by atoms with Gasteiger partial charge in [0.25, 0.3) is 0 Å². The summed E-state index contributed by atoms with van der Waals surface area (Å²) in [6, 6.07) is 14.0. The Kier molecular flexibility index (Phi) is 4.12. The number of benzene rings is 2. The van der Waals surface area contributed by atoms with Gasteiger partial charge in [0.15, 0.2) is 4.91 Å². The maximum atomic E-state index is 12.7. The third-order valence-electron chi connectivity index (χ3n) is 3.71. The molecule has 2 aromatic rings. The summed E-state index contributed by atoms with van der Waals surface area (Å²) in [7, 11) is -2.69. The highest BCUT2D eigenvalue weighted by molar-refractivity contribution is 9.08. The third kappa shape index (κ3) is 2.52. The molecule has 6 heteroatoms. The number of fused-ring (bicyclic) bond motifs is 1. The molecule has 1 aliphatic rings. The van der Waals surface area contributed by atoms with E-state index in [0.29, 0.717) is 22.0 Å². The lowest BCUT2D eigenvalue weighted by molar-refractivity contribution is -0.135. The summed E-state index contributed by atoms with van der Waals surface area (Å²) in [5.41, 5.74) is 2.65. The molecule has 0 radical (unpaired) electrons. The van der Waals surface area contributed by atoms with Crippen molar-refractivity contribution in [3.05, 3.63) is 70.1 Å². The van der Waals surface area contributed by atoms with Gasteiger partial charge in [-0.1, -0.05) is 58.4 Å². The van der Waals surface area contributed by atoms with E-state index in [1.165, 1.54) is 13.2 Å². The van der Waals surface area contributed by atoms with Gasteiger partial charge in [-0.05, 0) is 17.2 Å². The summed E-state index contributed by atoms with van der Waals surface area (Å²) in [6.45, 7) is 0. The highest BCUT2D eigenvalue weighted by Gasteiger charge is 2.40. The molecule has 0 bridgehead atoms. The fourth-order valence-electron chi connectivity index (χ4n) is 2.63. The first-order chi connectivity index (χ1) is 11.0. The van der Waals surface area contributed by atoms with Crippen LogP contribution in [0.2, 0.25) is 0 Å². The smallest absolute Gasteiger partial charge is 0.350 e. The topological polar surface area (TPSA) is 60.4 Å². The van der Waals surface area contributed by atoms with Crippen molar-refractivity contribution < 1.29 is 17.9 Å². The molecule has 0 fully saturated rings. The molecule has 0 saturated carbocycles. The normalized spacial score (nSPS) is 15.4. The Morgan fingerprint density at radius 1 is 1.09 bits per heavy atom. The van der Waals surface area contributed by atoms with Crippen LogP contribution in [0.5, 0.6) is 0 Å². The summed E-state index contributed by atoms with van der Waals surface area (Å²) in [6.07, 6.45) is 0. The average Bonchev–Trinajstić information content (AvgIpc) is 2.82. The van der Waals surface area contributed by atoms with Crippen molar-refractivity contribution in [1.29, 1.82) is 0 Å². The second kappa shape index (κ2) is 5.94. The van der Waals surface area contributed by atoms with Crippen LogP contribution in [0.3, 0.4) is 0 Å². The van der Waals surface area contributed by atoms with E-state index in [4.69, 9.17) is 4.74 Å². The number of halogens is 1. The standard InChI is InChI=1S/C17H13BrO4S/c1-22-17(19)16-15(12-8-6-11(10-18)7-9-12)13-4-2-3-5-14(13)23(16,20)21/h2-9H,10H2,1H3. The molecule has 118 valence electrons. The number of ether oxygens (including phenoxy) is 1. The molecule has 1 heterocycles. The van der Waals surface area contributed by atoms with Gasteiger partial charge in [0, 0.05) is 16.5 Å². The number of rotatable bonds is 3. The molecule has 4 nitrogen and oxygen atoms in total. The maximum absolute atomic E-state index is 12.7. The molecule has 2 aromatic carbocycles. The minimum atomic E-state index is -3.87. The minimum Gasteiger partial charge on any atom is -0.465 e. The Labute approximate surface area is 142 Å². The van der Waals surface area contributed by atoms with Crippen molar-refractivity contribution in [2.24, 2.45) is 0 Å². The van der Waals surface area contributed by atoms with Crippen LogP contribution in [0.15, 0.2) is 58.3 Å². The number of hydrogen-bond donors (Lipinski definition) is 0. The zero-order chi connectivity index (χ0) is 16.6. The number of sulfone groups is 1. The Hall–Kier alpha value is -1.92. The van der Waals surface area contributed by atoms with Crippen LogP contribution in [0, 0.1) is 0 Å². The Balaban J connectivity index is 2.33. The summed E-state index contributed by atoms with van der Waals surface area (Å²) in [5, 5.41) is 0.699. The van der Waals surface area contributed by atoms with E-state index >= 15 is 0 Å². The molecule has 0 spiro atoms. The van der Waals surface area contributed by atoms with Gasteiger partial charge in [-0.2, -0.15) is 0 Å². The second-order valence-corrected chi connectivity index (χ2v) is 7.44. The second-order valence-electron chi connectivity index (χ2n) is 5.03. The molecule has 0 atom stereocenters. The zero-order valence-electron chi connectivity index (χ0n) is 12.2. The lowest BCUT2D eigenvalue weighted by Gasteiger charge is -2.07. The summed E-state index contributed by atoms with van der Waals surface area (Å²) < 4.78 is 30.2. The first kappa shape index (κ1) is 16.0. The van der Waals surface area contributed by atoms with Gasteiger partial charge >= 0.3 is 5.97 Å². The molecule has 0 amide bonds. The Morgan fingerprint density at radius 2 is 1.74 bits per heavy atom. The highest BCUT2D eigenvalue weighted by Crippen LogP contribution is 2.43. The lowest BCUT2D eigenvalue weighted by Crippen LogP contribution is -2.13. The number of alkyl halides is 1. The van der Waals surface area contributed by atoms with E-state index < -0.39 is 15.8 Å². The average molecular weight is 393 g/mol. The van der Waals surface area contributed by atoms with Gasteiger partial charge in [0.1, 0.15) is 0 Å². The molecule has 23 heavy (non-hydrogen) atoms. The largest absolute Gasteiger partial charge is 0.465 e. The predicted octanol–water partition coefficient (Wildman–Crippen LogP) is 3.30. The van der Waals surface area contributed by atoms with Crippen LogP contribution in [0.4, 0.5) is 0 Å². The van der Waals surface area contributed by atoms with E-state index in [2.05, 4.69) is 15.9 Å². The first-order valence-electron chi connectivity index (χ1n) is 6.83. The minimum absolute atomic E-state index is 0.139. The maximum Gasteiger partial charge on any atom is 0.350 e. The van der Waals surface area contributed by atoms with E-state index in [0.717, 1.165) is 5.56 Å². The van der Waals surface area contributed by atoms with Crippen molar-refractivity contribution in [3.63, 3.8) is 0 Å². The van der Waals surface area contributed by atoms with Crippen LogP contribution in [0.25, 0.3) is 5.57 Å². The molecule has 0 N–H and O–H groups in total. The quantitative estimate of drug-likeness (QED) is 0.593. The van der Waals surface area contributed by atoms with Gasteiger partial charge in [-0.3, -0.25) is 0 Å². The lowest BCUT2D eigenvalue weighted by atomic mass is 9.97. The number of carbonyl (C=O) groups excluding carboxylic acids is 1. The number of carbonyl (C=O) groups is 1. The predicted molar refractivity (Wildman–Crippen MR) is 90.7 cm³/mol.